The number of aryl methyl sites for hydroxylation is 2. The number of pyridine rings is 1. The van der Waals surface area contributed by atoms with Crippen LogP contribution in [-0.4, -0.2) is 50.6 Å². The molecular weight excluding hydrogens is 366 g/mol. The fraction of sp³-hybridized carbons (Fsp3) is 0.545. The van der Waals surface area contributed by atoms with E-state index in [0.29, 0.717) is 5.92 Å². The van der Waals surface area contributed by atoms with Crippen LogP contribution in [0.4, 0.5) is 5.82 Å². The average Bonchev–Trinajstić information content (AvgIpc) is 2.71. The lowest BCUT2D eigenvalue weighted by molar-refractivity contribution is -0.139. The smallest absolute Gasteiger partial charge is 0.305 e. The van der Waals surface area contributed by atoms with Gasteiger partial charge in [0.15, 0.2) is 0 Å². The van der Waals surface area contributed by atoms with E-state index in [-0.39, 0.29) is 12.5 Å². The SMILES string of the molecule is O=C(O)C[C@@H](c1cncnc1)N1CC(CCCCc2ccc3c(n2)NCCC3)C1. The van der Waals surface area contributed by atoms with E-state index in [1.54, 1.807) is 12.4 Å². The fourth-order valence-electron chi connectivity index (χ4n) is 4.40. The summed E-state index contributed by atoms with van der Waals surface area (Å²) in [5.74, 6) is 0.946. The summed E-state index contributed by atoms with van der Waals surface area (Å²) >= 11 is 0. The van der Waals surface area contributed by atoms with Gasteiger partial charge in [0.1, 0.15) is 12.1 Å². The quantitative estimate of drug-likeness (QED) is 0.631. The summed E-state index contributed by atoms with van der Waals surface area (Å²) < 4.78 is 0. The molecule has 0 spiro atoms. The van der Waals surface area contributed by atoms with Gasteiger partial charge in [-0.3, -0.25) is 9.69 Å². The predicted molar refractivity (Wildman–Crippen MR) is 111 cm³/mol. The summed E-state index contributed by atoms with van der Waals surface area (Å²) in [7, 11) is 0. The Balaban J connectivity index is 1.20. The average molecular weight is 396 g/mol. The van der Waals surface area contributed by atoms with Gasteiger partial charge in [-0.1, -0.05) is 12.5 Å². The summed E-state index contributed by atoms with van der Waals surface area (Å²) in [6.07, 6.45) is 11.9. The molecule has 7 nitrogen and oxygen atoms in total. The second kappa shape index (κ2) is 9.31. The van der Waals surface area contributed by atoms with Crippen molar-refractivity contribution in [1.29, 1.82) is 0 Å². The molecule has 0 unspecified atom stereocenters. The number of aliphatic carboxylic acids is 1. The lowest BCUT2D eigenvalue weighted by Crippen LogP contribution is -2.48. The maximum absolute atomic E-state index is 11.3. The molecule has 0 radical (unpaired) electrons. The molecule has 2 aliphatic heterocycles. The van der Waals surface area contributed by atoms with Gasteiger partial charge in [-0.2, -0.15) is 0 Å². The Kier molecular flexibility index (Phi) is 6.34. The zero-order valence-electron chi connectivity index (χ0n) is 16.8. The topological polar surface area (TPSA) is 91.2 Å². The number of nitrogens with one attached hydrogen (secondary N) is 1. The van der Waals surface area contributed by atoms with Crippen molar-refractivity contribution in [2.24, 2.45) is 5.92 Å². The van der Waals surface area contributed by atoms with E-state index in [4.69, 9.17) is 4.98 Å². The largest absolute Gasteiger partial charge is 0.481 e. The number of likely N-dealkylation sites (tertiary alicyclic amines) is 1. The minimum absolute atomic E-state index is 0.0954. The number of hydrogen-bond donors (Lipinski definition) is 2. The van der Waals surface area contributed by atoms with Crippen LogP contribution in [0.25, 0.3) is 0 Å². The van der Waals surface area contributed by atoms with Crippen LogP contribution in [0, 0.1) is 5.92 Å². The van der Waals surface area contributed by atoms with Crippen LogP contribution < -0.4 is 5.32 Å². The molecule has 0 bridgehead atoms. The molecule has 0 amide bonds. The number of aromatic nitrogens is 3. The van der Waals surface area contributed by atoms with Gasteiger partial charge in [-0.05, 0) is 49.7 Å². The van der Waals surface area contributed by atoms with Crippen molar-refractivity contribution >= 4 is 11.8 Å². The molecular formula is C22H29N5O2. The number of carboxylic acid groups (broad SMARTS) is 1. The van der Waals surface area contributed by atoms with Crippen molar-refractivity contribution in [2.45, 2.75) is 51.0 Å². The minimum atomic E-state index is -0.783. The molecule has 1 atom stereocenters. The molecule has 2 aromatic rings. The van der Waals surface area contributed by atoms with Crippen molar-refractivity contribution in [3.63, 3.8) is 0 Å². The lowest BCUT2D eigenvalue weighted by atomic mass is 9.89. The highest BCUT2D eigenvalue weighted by Crippen LogP contribution is 2.33. The molecule has 7 heteroatoms. The highest BCUT2D eigenvalue weighted by molar-refractivity contribution is 5.67. The number of hydrogen-bond acceptors (Lipinski definition) is 6. The molecule has 0 aromatic carbocycles. The first-order chi connectivity index (χ1) is 14.2. The van der Waals surface area contributed by atoms with Gasteiger partial charge in [-0.15, -0.1) is 0 Å². The number of nitrogens with zero attached hydrogens (tertiary/aromatic N) is 4. The third kappa shape index (κ3) is 5.09. The first-order valence-electron chi connectivity index (χ1n) is 10.6. The maximum atomic E-state index is 11.3. The summed E-state index contributed by atoms with van der Waals surface area (Å²) in [6.45, 7) is 2.93. The molecule has 2 aliphatic rings. The maximum Gasteiger partial charge on any atom is 0.305 e. The van der Waals surface area contributed by atoms with Gasteiger partial charge in [0.2, 0.25) is 0 Å². The van der Waals surface area contributed by atoms with Crippen LogP contribution in [0.1, 0.15) is 55.0 Å². The first-order valence-corrected chi connectivity index (χ1v) is 10.6. The zero-order chi connectivity index (χ0) is 20.1. The normalized spacial score (nSPS) is 17.8. The van der Waals surface area contributed by atoms with Crippen molar-refractivity contribution in [1.82, 2.24) is 19.9 Å². The molecule has 1 fully saturated rings. The van der Waals surface area contributed by atoms with Crippen LogP contribution in [0.5, 0.6) is 0 Å². The van der Waals surface area contributed by atoms with E-state index in [9.17, 15) is 9.90 Å². The van der Waals surface area contributed by atoms with Gasteiger partial charge < -0.3 is 10.4 Å². The van der Waals surface area contributed by atoms with Crippen molar-refractivity contribution in [3.8, 4) is 0 Å². The number of rotatable bonds is 9. The Labute approximate surface area is 171 Å². The van der Waals surface area contributed by atoms with Gasteiger partial charge in [-0.25, -0.2) is 15.0 Å². The highest BCUT2D eigenvalue weighted by atomic mass is 16.4. The van der Waals surface area contributed by atoms with Crippen LogP contribution >= 0.6 is 0 Å². The van der Waals surface area contributed by atoms with Gasteiger partial charge >= 0.3 is 5.97 Å². The van der Waals surface area contributed by atoms with Crippen LogP contribution in [0.15, 0.2) is 30.9 Å². The standard InChI is InChI=1S/C22H29N5O2/c28-21(29)10-20(18-11-23-15-24-12-18)27-13-16(14-27)4-1-2-6-19-8-7-17-5-3-9-25-22(17)26-19/h7-8,11-12,15-16,20H,1-6,9-10,13-14H2,(H,25,26)(H,28,29)/t20-/m0/s1. The summed E-state index contributed by atoms with van der Waals surface area (Å²) in [6, 6.07) is 4.27. The van der Waals surface area contributed by atoms with Crippen molar-refractivity contribution < 1.29 is 9.90 Å². The predicted octanol–water partition coefficient (Wildman–Crippen LogP) is 3.09. The molecule has 0 aliphatic carbocycles. The van der Waals surface area contributed by atoms with Gasteiger partial charge in [0, 0.05) is 49.3 Å². The minimum Gasteiger partial charge on any atom is -0.481 e. The lowest BCUT2D eigenvalue weighted by Gasteiger charge is -2.44. The summed E-state index contributed by atoms with van der Waals surface area (Å²) in [4.78, 5) is 26.4. The summed E-state index contributed by atoms with van der Waals surface area (Å²) in [5.41, 5.74) is 3.41. The molecule has 154 valence electrons. The summed E-state index contributed by atoms with van der Waals surface area (Å²) in [5, 5.41) is 12.7. The van der Waals surface area contributed by atoms with E-state index in [2.05, 4.69) is 32.3 Å². The highest BCUT2D eigenvalue weighted by Gasteiger charge is 2.34. The van der Waals surface area contributed by atoms with Crippen LogP contribution in [0.2, 0.25) is 0 Å². The van der Waals surface area contributed by atoms with Crippen LogP contribution in [-0.2, 0) is 17.6 Å². The second-order valence-corrected chi connectivity index (χ2v) is 8.19. The Hall–Kier alpha value is -2.54. The van der Waals surface area contributed by atoms with E-state index in [1.807, 2.05) is 0 Å². The van der Waals surface area contributed by atoms with Crippen molar-refractivity contribution in [2.75, 3.05) is 25.0 Å². The molecule has 4 heterocycles. The van der Waals surface area contributed by atoms with E-state index in [1.165, 1.54) is 36.8 Å². The Morgan fingerprint density at radius 3 is 2.86 bits per heavy atom. The monoisotopic (exact) mass is 395 g/mol. The van der Waals surface area contributed by atoms with Crippen LogP contribution in [0.3, 0.4) is 0 Å². The van der Waals surface area contributed by atoms with E-state index in [0.717, 1.165) is 50.3 Å². The number of carbonyl (C=O) groups is 1. The molecule has 2 aromatic heterocycles. The van der Waals surface area contributed by atoms with E-state index >= 15 is 0 Å². The molecule has 29 heavy (non-hydrogen) atoms. The zero-order valence-corrected chi connectivity index (χ0v) is 16.8. The number of anilines is 1. The molecule has 2 N–H and O–H groups in total. The molecule has 4 rings (SSSR count). The first kappa shape index (κ1) is 19.8. The second-order valence-electron chi connectivity index (χ2n) is 8.19. The van der Waals surface area contributed by atoms with Crippen molar-refractivity contribution in [3.05, 3.63) is 47.7 Å². The number of fused-ring (bicyclic) bond motifs is 1. The third-order valence-electron chi connectivity index (χ3n) is 6.01. The van der Waals surface area contributed by atoms with E-state index < -0.39 is 5.97 Å². The van der Waals surface area contributed by atoms with Gasteiger partial charge in [0.25, 0.3) is 0 Å². The molecule has 0 saturated carbocycles. The number of unbranched alkanes of at least 4 members (excludes halogenated alkanes) is 1. The molecule has 1 saturated heterocycles. The third-order valence-corrected chi connectivity index (χ3v) is 6.01. The Morgan fingerprint density at radius 2 is 2.07 bits per heavy atom. The fourth-order valence-corrected chi connectivity index (χ4v) is 4.40. The Bertz CT molecular complexity index is 823. The van der Waals surface area contributed by atoms with Gasteiger partial charge in [0.05, 0.1) is 6.42 Å². The Morgan fingerprint density at radius 1 is 1.24 bits per heavy atom. The number of carboxylic acids is 1.